The van der Waals surface area contributed by atoms with Gasteiger partial charge in [0.25, 0.3) is 0 Å². The first-order chi connectivity index (χ1) is 7.79. The molecule has 0 spiro atoms. The highest BCUT2D eigenvalue weighted by Crippen LogP contribution is 2.23. The van der Waals surface area contributed by atoms with Crippen molar-refractivity contribution < 1.29 is 13.2 Å². The number of sulfone groups is 1. The van der Waals surface area contributed by atoms with E-state index in [9.17, 15) is 13.2 Å². The van der Waals surface area contributed by atoms with Crippen molar-refractivity contribution in [2.24, 2.45) is 0 Å². The van der Waals surface area contributed by atoms with E-state index in [0.717, 1.165) is 0 Å². The van der Waals surface area contributed by atoms with Crippen LogP contribution in [0.1, 0.15) is 24.2 Å². The standard InChI is InChI=1S/C11H12Cl2O3S/c1-3-17(15,16)7(2)11(14)9-5-4-8(12)6-10(9)13/h4-7H,3H2,1-2H3/t7-/m0/s1. The number of rotatable bonds is 4. The number of benzene rings is 1. The van der Waals surface area contributed by atoms with Gasteiger partial charge in [-0.15, -0.1) is 0 Å². The lowest BCUT2D eigenvalue weighted by atomic mass is 10.1. The Hall–Kier alpha value is -0.580. The van der Waals surface area contributed by atoms with E-state index in [-0.39, 0.29) is 16.3 Å². The zero-order chi connectivity index (χ0) is 13.2. The monoisotopic (exact) mass is 294 g/mol. The SMILES string of the molecule is CCS(=O)(=O)[C@@H](C)C(=O)c1ccc(Cl)cc1Cl. The van der Waals surface area contributed by atoms with Crippen molar-refractivity contribution in [2.75, 3.05) is 5.75 Å². The van der Waals surface area contributed by atoms with Crippen molar-refractivity contribution in [2.45, 2.75) is 19.1 Å². The molecule has 0 aromatic heterocycles. The van der Waals surface area contributed by atoms with Crippen LogP contribution in [-0.2, 0) is 9.84 Å². The second-order valence-corrected chi connectivity index (χ2v) is 7.04. The zero-order valence-electron chi connectivity index (χ0n) is 9.41. The molecule has 1 aromatic rings. The van der Waals surface area contributed by atoms with Gasteiger partial charge in [0.15, 0.2) is 15.6 Å². The van der Waals surface area contributed by atoms with E-state index in [2.05, 4.69) is 0 Å². The summed E-state index contributed by atoms with van der Waals surface area (Å²) < 4.78 is 23.2. The molecule has 94 valence electrons. The van der Waals surface area contributed by atoms with Crippen LogP contribution in [0.25, 0.3) is 0 Å². The largest absolute Gasteiger partial charge is 0.293 e. The number of carbonyl (C=O) groups excluding carboxylic acids is 1. The molecule has 0 unspecified atom stereocenters. The first-order valence-electron chi connectivity index (χ1n) is 5.00. The Morgan fingerprint density at radius 1 is 1.35 bits per heavy atom. The number of carbonyl (C=O) groups is 1. The highest BCUT2D eigenvalue weighted by atomic mass is 35.5. The first kappa shape index (κ1) is 14.5. The van der Waals surface area contributed by atoms with Crippen LogP contribution in [0.2, 0.25) is 10.0 Å². The summed E-state index contributed by atoms with van der Waals surface area (Å²) in [5.74, 6) is -0.584. The van der Waals surface area contributed by atoms with Gasteiger partial charge in [0.2, 0.25) is 0 Å². The molecule has 3 nitrogen and oxygen atoms in total. The molecule has 1 rings (SSSR count). The third-order valence-corrected chi connectivity index (χ3v) is 5.15. The van der Waals surface area contributed by atoms with E-state index in [1.807, 2.05) is 0 Å². The molecule has 0 amide bonds. The van der Waals surface area contributed by atoms with Gasteiger partial charge in [-0.05, 0) is 25.1 Å². The second kappa shape index (κ2) is 5.38. The summed E-state index contributed by atoms with van der Waals surface area (Å²) in [6.45, 7) is 2.87. The summed E-state index contributed by atoms with van der Waals surface area (Å²) in [5, 5.41) is -0.524. The van der Waals surface area contributed by atoms with E-state index in [1.165, 1.54) is 32.0 Å². The van der Waals surface area contributed by atoms with Gasteiger partial charge in [-0.2, -0.15) is 0 Å². The van der Waals surface area contributed by atoms with Gasteiger partial charge in [-0.25, -0.2) is 8.42 Å². The van der Waals surface area contributed by atoms with E-state index in [0.29, 0.717) is 5.02 Å². The Bertz CT molecular complexity index is 538. The Labute approximate surface area is 111 Å². The molecule has 17 heavy (non-hydrogen) atoms. The molecule has 0 saturated carbocycles. The molecule has 1 atom stereocenters. The molecule has 0 radical (unpaired) electrons. The third-order valence-electron chi connectivity index (χ3n) is 2.51. The van der Waals surface area contributed by atoms with Crippen LogP contribution in [0.5, 0.6) is 0 Å². The van der Waals surface area contributed by atoms with Crippen LogP contribution in [0.15, 0.2) is 18.2 Å². The number of hydrogen-bond acceptors (Lipinski definition) is 3. The molecular formula is C11H12Cl2O3S. The van der Waals surface area contributed by atoms with Gasteiger partial charge < -0.3 is 0 Å². The van der Waals surface area contributed by atoms with Crippen molar-refractivity contribution in [1.29, 1.82) is 0 Å². The maximum Gasteiger partial charge on any atom is 0.182 e. The van der Waals surface area contributed by atoms with Crippen LogP contribution in [0.3, 0.4) is 0 Å². The predicted molar refractivity (Wildman–Crippen MR) is 69.7 cm³/mol. The normalized spacial score (nSPS) is 13.4. The Balaban J connectivity index is 3.14. The highest BCUT2D eigenvalue weighted by Gasteiger charge is 2.28. The van der Waals surface area contributed by atoms with E-state index >= 15 is 0 Å². The average molecular weight is 295 g/mol. The predicted octanol–water partition coefficient (Wildman–Crippen LogP) is 3.00. The maximum atomic E-state index is 12.0. The molecule has 0 bridgehead atoms. The van der Waals surface area contributed by atoms with E-state index in [4.69, 9.17) is 23.2 Å². The van der Waals surface area contributed by atoms with Gasteiger partial charge in [-0.3, -0.25) is 4.79 Å². The minimum atomic E-state index is -3.41. The topological polar surface area (TPSA) is 51.2 Å². The van der Waals surface area contributed by atoms with Crippen LogP contribution >= 0.6 is 23.2 Å². The molecule has 0 saturated heterocycles. The summed E-state index contributed by atoms with van der Waals surface area (Å²) in [6, 6.07) is 4.36. The van der Waals surface area contributed by atoms with Crippen molar-refractivity contribution in [3.8, 4) is 0 Å². The van der Waals surface area contributed by atoms with Crippen LogP contribution in [0.4, 0.5) is 0 Å². The third kappa shape index (κ3) is 3.21. The minimum absolute atomic E-state index is 0.0783. The first-order valence-corrected chi connectivity index (χ1v) is 7.47. The minimum Gasteiger partial charge on any atom is -0.293 e. The molecule has 0 fully saturated rings. The molecule has 0 N–H and O–H groups in total. The van der Waals surface area contributed by atoms with Crippen molar-refractivity contribution >= 4 is 38.8 Å². The van der Waals surface area contributed by atoms with Gasteiger partial charge in [0.1, 0.15) is 5.25 Å². The van der Waals surface area contributed by atoms with Gasteiger partial charge >= 0.3 is 0 Å². The maximum absolute atomic E-state index is 12.0. The quantitative estimate of drug-likeness (QED) is 0.802. The fourth-order valence-corrected chi connectivity index (χ4v) is 2.78. The zero-order valence-corrected chi connectivity index (χ0v) is 11.7. The molecule has 6 heteroatoms. The molecular weight excluding hydrogens is 283 g/mol. The molecule has 0 aliphatic carbocycles. The van der Waals surface area contributed by atoms with Gasteiger partial charge in [0.05, 0.1) is 5.02 Å². The Morgan fingerprint density at radius 2 is 1.94 bits per heavy atom. The van der Waals surface area contributed by atoms with Crippen molar-refractivity contribution in [1.82, 2.24) is 0 Å². The van der Waals surface area contributed by atoms with Crippen molar-refractivity contribution in [3.63, 3.8) is 0 Å². The van der Waals surface area contributed by atoms with Crippen LogP contribution in [-0.4, -0.2) is 25.2 Å². The number of Topliss-reactive ketones (excluding diaryl/α,β-unsaturated/α-hetero) is 1. The highest BCUT2D eigenvalue weighted by molar-refractivity contribution is 7.92. The second-order valence-electron chi connectivity index (χ2n) is 3.58. The van der Waals surface area contributed by atoms with Crippen LogP contribution in [0, 0.1) is 0 Å². The summed E-state index contributed by atoms with van der Waals surface area (Å²) in [7, 11) is -3.41. The molecule has 0 heterocycles. The smallest absolute Gasteiger partial charge is 0.182 e. The summed E-state index contributed by atoms with van der Waals surface area (Å²) >= 11 is 11.6. The van der Waals surface area contributed by atoms with E-state index in [1.54, 1.807) is 0 Å². The number of halogens is 2. The average Bonchev–Trinajstić information content (AvgIpc) is 2.27. The Kier molecular flexibility index (Phi) is 4.58. The summed E-state index contributed by atoms with van der Waals surface area (Å²) in [6.07, 6.45) is 0. The van der Waals surface area contributed by atoms with Gasteiger partial charge in [-0.1, -0.05) is 30.1 Å². The lowest BCUT2D eigenvalue weighted by Crippen LogP contribution is -2.28. The van der Waals surface area contributed by atoms with Crippen LogP contribution < -0.4 is 0 Å². The Morgan fingerprint density at radius 3 is 2.41 bits per heavy atom. The molecule has 1 aromatic carbocycles. The fraction of sp³-hybridized carbons (Fsp3) is 0.364. The molecule has 0 aliphatic heterocycles. The number of ketones is 1. The summed E-state index contributed by atoms with van der Waals surface area (Å²) in [5.41, 5.74) is 0.181. The lowest BCUT2D eigenvalue weighted by molar-refractivity contribution is 0.0991. The molecule has 0 aliphatic rings. The van der Waals surface area contributed by atoms with Crippen molar-refractivity contribution in [3.05, 3.63) is 33.8 Å². The van der Waals surface area contributed by atoms with E-state index < -0.39 is 20.9 Å². The number of hydrogen-bond donors (Lipinski definition) is 0. The fourth-order valence-electron chi connectivity index (χ4n) is 1.32. The lowest BCUT2D eigenvalue weighted by Gasteiger charge is -2.11. The van der Waals surface area contributed by atoms with Gasteiger partial charge in [0, 0.05) is 16.3 Å². The summed E-state index contributed by atoms with van der Waals surface area (Å²) in [4.78, 5) is 12.0.